The summed E-state index contributed by atoms with van der Waals surface area (Å²) in [7, 11) is 1.28. The number of aryl methyl sites for hydroxylation is 1. The first-order valence-electron chi connectivity index (χ1n) is 7.82. The zero-order chi connectivity index (χ0) is 18.9. The van der Waals surface area contributed by atoms with Crippen molar-refractivity contribution in [3.05, 3.63) is 65.2 Å². The van der Waals surface area contributed by atoms with Gasteiger partial charge in [-0.15, -0.1) is 0 Å². The van der Waals surface area contributed by atoms with Crippen molar-refractivity contribution in [2.45, 2.75) is 6.92 Å². The Bertz CT molecular complexity index is 864. The minimum absolute atomic E-state index is 0.0171. The number of esters is 1. The molecular formula is C20H18N2O4. The van der Waals surface area contributed by atoms with Crippen LogP contribution in [0, 0.1) is 18.3 Å². The van der Waals surface area contributed by atoms with Crippen LogP contribution in [-0.2, 0) is 14.3 Å². The van der Waals surface area contributed by atoms with Crippen LogP contribution in [0.15, 0.2) is 54.1 Å². The maximum atomic E-state index is 12.3. The third-order valence-corrected chi connectivity index (χ3v) is 3.53. The lowest BCUT2D eigenvalue weighted by atomic mass is 10.1. The van der Waals surface area contributed by atoms with Gasteiger partial charge in [0.25, 0.3) is 5.91 Å². The SMILES string of the molecule is COC(=O)COc1ccc(/C=C(/C#N)C(=O)Nc2ccccc2C)cc1. The van der Waals surface area contributed by atoms with Crippen LogP contribution in [0.5, 0.6) is 5.75 Å². The van der Waals surface area contributed by atoms with Crippen LogP contribution in [0.3, 0.4) is 0 Å². The molecule has 2 aromatic carbocycles. The molecule has 2 aromatic rings. The van der Waals surface area contributed by atoms with Crippen LogP contribution < -0.4 is 10.1 Å². The van der Waals surface area contributed by atoms with Gasteiger partial charge in [0.1, 0.15) is 17.4 Å². The predicted octanol–water partition coefficient (Wildman–Crippen LogP) is 3.09. The lowest BCUT2D eigenvalue weighted by molar-refractivity contribution is -0.142. The molecule has 0 heterocycles. The molecule has 0 aliphatic heterocycles. The number of carbonyl (C=O) groups is 2. The van der Waals surface area contributed by atoms with Gasteiger partial charge < -0.3 is 14.8 Å². The Hall–Kier alpha value is -3.59. The van der Waals surface area contributed by atoms with E-state index in [1.807, 2.05) is 31.2 Å². The van der Waals surface area contributed by atoms with Crippen molar-refractivity contribution < 1.29 is 19.1 Å². The highest BCUT2D eigenvalue weighted by Gasteiger charge is 2.10. The number of anilines is 1. The highest BCUT2D eigenvalue weighted by atomic mass is 16.6. The van der Waals surface area contributed by atoms with Gasteiger partial charge in [-0.25, -0.2) is 4.79 Å². The molecule has 0 spiro atoms. The zero-order valence-corrected chi connectivity index (χ0v) is 14.5. The molecule has 132 valence electrons. The fourth-order valence-electron chi connectivity index (χ4n) is 2.08. The van der Waals surface area contributed by atoms with Crippen LogP contribution >= 0.6 is 0 Å². The maximum absolute atomic E-state index is 12.3. The molecule has 2 rings (SSSR count). The maximum Gasteiger partial charge on any atom is 0.343 e. The number of nitrogens with one attached hydrogen (secondary N) is 1. The number of rotatable bonds is 6. The molecule has 6 nitrogen and oxygen atoms in total. The van der Waals surface area contributed by atoms with Crippen molar-refractivity contribution in [3.63, 3.8) is 0 Å². The second-order valence-corrected chi connectivity index (χ2v) is 5.37. The van der Waals surface area contributed by atoms with Gasteiger partial charge in [-0.1, -0.05) is 30.3 Å². The highest BCUT2D eigenvalue weighted by Crippen LogP contribution is 2.17. The molecular weight excluding hydrogens is 332 g/mol. The van der Waals surface area contributed by atoms with Crippen molar-refractivity contribution in [3.8, 4) is 11.8 Å². The van der Waals surface area contributed by atoms with Gasteiger partial charge in [-0.3, -0.25) is 4.79 Å². The molecule has 0 aliphatic rings. The second-order valence-electron chi connectivity index (χ2n) is 5.37. The lowest BCUT2D eigenvalue weighted by Gasteiger charge is -2.07. The van der Waals surface area contributed by atoms with Crippen molar-refractivity contribution in [2.24, 2.45) is 0 Å². The van der Waals surface area contributed by atoms with Gasteiger partial charge in [0.2, 0.25) is 0 Å². The Morgan fingerprint density at radius 3 is 2.46 bits per heavy atom. The summed E-state index contributed by atoms with van der Waals surface area (Å²) in [6.45, 7) is 1.69. The summed E-state index contributed by atoms with van der Waals surface area (Å²) in [5, 5.41) is 12.0. The normalized spacial score (nSPS) is 10.6. The fourth-order valence-corrected chi connectivity index (χ4v) is 2.08. The van der Waals surface area contributed by atoms with E-state index >= 15 is 0 Å². The summed E-state index contributed by atoms with van der Waals surface area (Å²) in [5.74, 6) is -0.475. The number of carbonyl (C=O) groups excluding carboxylic acids is 2. The molecule has 0 saturated heterocycles. The quantitative estimate of drug-likeness (QED) is 0.491. The Morgan fingerprint density at radius 1 is 1.15 bits per heavy atom. The summed E-state index contributed by atoms with van der Waals surface area (Å²) in [5.41, 5.74) is 2.21. The number of nitrogens with zero attached hydrogens (tertiary/aromatic N) is 1. The first-order chi connectivity index (χ1) is 12.5. The summed E-state index contributed by atoms with van der Waals surface area (Å²) < 4.78 is 9.74. The molecule has 0 aliphatic carbocycles. The minimum atomic E-state index is -0.479. The molecule has 1 amide bonds. The van der Waals surface area contributed by atoms with E-state index in [1.165, 1.54) is 13.2 Å². The molecule has 0 unspecified atom stereocenters. The minimum Gasteiger partial charge on any atom is -0.482 e. The van der Waals surface area contributed by atoms with Gasteiger partial charge in [-0.05, 0) is 42.3 Å². The number of para-hydroxylation sites is 1. The van der Waals surface area contributed by atoms with E-state index in [-0.39, 0.29) is 12.2 Å². The van der Waals surface area contributed by atoms with Crippen molar-refractivity contribution in [2.75, 3.05) is 19.0 Å². The Kier molecular flexibility index (Phi) is 6.52. The molecule has 0 aromatic heterocycles. The first kappa shape index (κ1) is 18.7. The van der Waals surface area contributed by atoms with E-state index in [4.69, 9.17) is 4.74 Å². The summed E-state index contributed by atoms with van der Waals surface area (Å²) in [4.78, 5) is 23.3. The van der Waals surface area contributed by atoms with Crippen LogP contribution in [0.4, 0.5) is 5.69 Å². The predicted molar refractivity (Wildman–Crippen MR) is 97.4 cm³/mol. The first-order valence-corrected chi connectivity index (χ1v) is 7.82. The van der Waals surface area contributed by atoms with Gasteiger partial charge in [0.05, 0.1) is 7.11 Å². The van der Waals surface area contributed by atoms with Crippen LogP contribution in [0.2, 0.25) is 0 Å². The third kappa shape index (κ3) is 5.21. The Balaban J connectivity index is 2.08. The van der Waals surface area contributed by atoms with Gasteiger partial charge in [-0.2, -0.15) is 5.26 Å². The van der Waals surface area contributed by atoms with Crippen LogP contribution in [0.1, 0.15) is 11.1 Å². The molecule has 26 heavy (non-hydrogen) atoms. The molecule has 6 heteroatoms. The number of ether oxygens (including phenoxy) is 2. The monoisotopic (exact) mass is 350 g/mol. The Morgan fingerprint density at radius 2 is 1.85 bits per heavy atom. The third-order valence-electron chi connectivity index (χ3n) is 3.53. The van der Waals surface area contributed by atoms with E-state index in [0.29, 0.717) is 17.0 Å². The van der Waals surface area contributed by atoms with E-state index in [0.717, 1.165) is 5.56 Å². The van der Waals surface area contributed by atoms with Crippen LogP contribution in [0.25, 0.3) is 6.08 Å². The number of methoxy groups -OCH3 is 1. The van der Waals surface area contributed by atoms with E-state index in [9.17, 15) is 14.9 Å². The van der Waals surface area contributed by atoms with E-state index in [2.05, 4.69) is 10.1 Å². The fraction of sp³-hybridized carbons (Fsp3) is 0.150. The average Bonchev–Trinajstić information content (AvgIpc) is 2.66. The zero-order valence-electron chi connectivity index (χ0n) is 14.5. The van der Waals surface area contributed by atoms with E-state index < -0.39 is 11.9 Å². The molecule has 0 radical (unpaired) electrons. The van der Waals surface area contributed by atoms with Gasteiger partial charge in [0.15, 0.2) is 6.61 Å². The molecule has 0 fully saturated rings. The lowest BCUT2D eigenvalue weighted by Crippen LogP contribution is -2.14. The van der Waals surface area contributed by atoms with Gasteiger partial charge >= 0.3 is 5.97 Å². The smallest absolute Gasteiger partial charge is 0.343 e. The van der Waals surface area contributed by atoms with Gasteiger partial charge in [0, 0.05) is 5.69 Å². The molecule has 0 atom stereocenters. The van der Waals surface area contributed by atoms with Crippen LogP contribution in [-0.4, -0.2) is 25.6 Å². The van der Waals surface area contributed by atoms with Crippen molar-refractivity contribution in [1.29, 1.82) is 5.26 Å². The largest absolute Gasteiger partial charge is 0.482 e. The number of nitriles is 1. The summed E-state index contributed by atoms with van der Waals surface area (Å²) >= 11 is 0. The molecule has 0 saturated carbocycles. The van der Waals surface area contributed by atoms with Crippen molar-refractivity contribution >= 4 is 23.6 Å². The number of hydrogen-bond acceptors (Lipinski definition) is 5. The highest BCUT2D eigenvalue weighted by molar-refractivity contribution is 6.09. The Labute approximate surface area is 151 Å². The standard InChI is InChI=1S/C20H18N2O4/c1-14-5-3-4-6-18(14)22-20(24)16(12-21)11-15-7-9-17(10-8-15)26-13-19(23)25-2/h3-11H,13H2,1-2H3,(H,22,24)/b16-11-. The van der Waals surface area contributed by atoms with Crippen molar-refractivity contribution in [1.82, 2.24) is 0 Å². The molecule has 1 N–H and O–H groups in total. The number of amides is 1. The molecule has 0 bridgehead atoms. The average molecular weight is 350 g/mol. The number of hydrogen-bond donors (Lipinski definition) is 1. The number of benzene rings is 2. The summed E-state index contributed by atoms with van der Waals surface area (Å²) in [6, 6.07) is 15.9. The topological polar surface area (TPSA) is 88.4 Å². The summed E-state index contributed by atoms with van der Waals surface area (Å²) in [6.07, 6.45) is 1.48. The second kappa shape index (κ2) is 9.04. The van der Waals surface area contributed by atoms with E-state index in [1.54, 1.807) is 30.3 Å².